The molecule has 0 saturated carbocycles. The number of rotatable bonds is 18. The van der Waals surface area contributed by atoms with Crippen LogP contribution in [0.5, 0.6) is 0 Å². The van der Waals surface area contributed by atoms with E-state index in [1.807, 2.05) is 36.4 Å². The Balaban J connectivity index is 1.69. The summed E-state index contributed by atoms with van der Waals surface area (Å²) in [6.07, 6.45) is 9.95. The van der Waals surface area contributed by atoms with E-state index in [0.717, 1.165) is 64.2 Å². The summed E-state index contributed by atoms with van der Waals surface area (Å²) in [6.45, 7) is 4.28. The fourth-order valence-corrected chi connectivity index (χ4v) is 5.42. The number of hydrogen-bond acceptors (Lipinski definition) is 5. The highest BCUT2D eigenvalue weighted by molar-refractivity contribution is 5.71. The van der Waals surface area contributed by atoms with Gasteiger partial charge in [-0.15, -0.1) is 0 Å². The summed E-state index contributed by atoms with van der Waals surface area (Å²) in [7, 11) is 2.89. The highest BCUT2D eigenvalue weighted by atomic mass is 16.5. The fourth-order valence-electron chi connectivity index (χ4n) is 5.42. The Morgan fingerprint density at radius 3 is 1.37 bits per heavy atom. The third-order valence-corrected chi connectivity index (χ3v) is 8.00. The Kier molecular flexibility index (Phi) is 13.6. The van der Waals surface area contributed by atoms with Crippen LogP contribution in [0.1, 0.15) is 102 Å². The van der Waals surface area contributed by atoms with E-state index in [2.05, 4.69) is 38.1 Å². The maximum Gasteiger partial charge on any atom is 0.306 e. The second-order valence-electron chi connectivity index (χ2n) is 11.2. The van der Waals surface area contributed by atoms with Crippen LogP contribution in [-0.4, -0.2) is 37.4 Å². The van der Waals surface area contributed by atoms with Crippen LogP contribution in [0.15, 0.2) is 60.7 Å². The third-order valence-electron chi connectivity index (χ3n) is 8.00. The number of aliphatic hydroxyl groups excluding tert-OH is 1. The molecule has 2 unspecified atom stereocenters. The van der Waals surface area contributed by atoms with Crippen molar-refractivity contribution in [2.75, 3.05) is 14.2 Å². The van der Waals surface area contributed by atoms with E-state index in [-0.39, 0.29) is 28.9 Å². The van der Waals surface area contributed by atoms with Gasteiger partial charge in [-0.25, -0.2) is 0 Å². The normalized spacial score (nSPS) is 15.2. The zero-order valence-electron chi connectivity index (χ0n) is 23.9. The molecule has 0 amide bonds. The number of unbranched alkanes of at least 4 members (excludes halogenated alkanes) is 4. The van der Waals surface area contributed by atoms with Gasteiger partial charge in [0.25, 0.3) is 0 Å². The van der Waals surface area contributed by atoms with Crippen LogP contribution in [0.3, 0.4) is 0 Å². The van der Waals surface area contributed by atoms with Gasteiger partial charge in [0.1, 0.15) is 0 Å². The van der Waals surface area contributed by atoms with Crippen molar-refractivity contribution in [2.24, 2.45) is 0 Å². The predicted molar refractivity (Wildman–Crippen MR) is 153 cm³/mol. The van der Waals surface area contributed by atoms with Crippen LogP contribution < -0.4 is 0 Å². The molecule has 2 rings (SSSR count). The Bertz CT molecular complexity index is 867. The van der Waals surface area contributed by atoms with Crippen molar-refractivity contribution in [1.29, 1.82) is 0 Å². The molecule has 0 fully saturated rings. The molecular formula is C33H48O5. The molecule has 2 aromatic carbocycles. The summed E-state index contributed by atoms with van der Waals surface area (Å²) in [5, 5.41) is 10.5. The first-order chi connectivity index (χ1) is 18.2. The molecule has 0 aliphatic rings. The van der Waals surface area contributed by atoms with Crippen molar-refractivity contribution in [3.8, 4) is 0 Å². The molecule has 2 atom stereocenters. The zero-order valence-corrected chi connectivity index (χ0v) is 23.9. The van der Waals surface area contributed by atoms with E-state index >= 15 is 0 Å². The molecule has 5 heteroatoms. The van der Waals surface area contributed by atoms with E-state index in [9.17, 15) is 14.7 Å². The number of carbonyl (C=O) groups excluding carboxylic acids is 2. The lowest BCUT2D eigenvalue weighted by Gasteiger charge is -2.29. The largest absolute Gasteiger partial charge is 0.469 e. The number of esters is 2. The maximum atomic E-state index is 12.0. The van der Waals surface area contributed by atoms with Crippen LogP contribution in [0, 0.1) is 0 Å². The number of aliphatic hydroxyl groups is 1. The predicted octanol–water partition coefficient (Wildman–Crippen LogP) is 7.29. The van der Waals surface area contributed by atoms with Gasteiger partial charge in [-0.2, -0.15) is 0 Å². The summed E-state index contributed by atoms with van der Waals surface area (Å²) in [6, 6.07) is 20.4. The maximum absolute atomic E-state index is 12.0. The van der Waals surface area contributed by atoms with Crippen molar-refractivity contribution in [2.45, 2.75) is 108 Å². The van der Waals surface area contributed by atoms with Crippen molar-refractivity contribution in [1.82, 2.24) is 0 Å². The number of methoxy groups -OCH3 is 2. The Morgan fingerprint density at radius 1 is 0.658 bits per heavy atom. The number of ether oxygens (including phenoxy) is 2. The topological polar surface area (TPSA) is 72.8 Å². The van der Waals surface area contributed by atoms with Gasteiger partial charge < -0.3 is 14.6 Å². The fraction of sp³-hybridized carbons (Fsp3) is 0.576. The molecular weight excluding hydrogens is 476 g/mol. The Hall–Kier alpha value is -2.66. The van der Waals surface area contributed by atoms with Gasteiger partial charge in [-0.1, -0.05) is 113 Å². The molecule has 0 aliphatic carbocycles. The van der Waals surface area contributed by atoms with E-state index in [4.69, 9.17) is 9.47 Å². The molecule has 0 aliphatic heterocycles. The highest BCUT2D eigenvalue weighted by Gasteiger charge is 2.30. The molecule has 1 N–H and O–H groups in total. The van der Waals surface area contributed by atoms with Gasteiger partial charge in [0.15, 0.2) is 0 Å². The molecule has 0 spiro atoms. The first-order valence-electron chi connectivity index (χ1n) is 14.2. The van der Waals surface area contributed by atoms with Gasteiger partial charge in [-0.05, 0) is 36.8 Å². The molecule has 0 radical (unpaired) electrons. The minimum Gasteiger partial charge on any atom is -0.469 e. The lowest BCUT2D eigenvalue weighted by molar-refractivity contribution is -0.143. The lowest BCUT2D eigenvalue weighted by atomic mass is 9.75. The van der Waals surface area contributed by atoms with Gasteiger partial charge in [0.05, 0.1) is 33.2 Å². The van der Waals surface area contributed by atoms with E-state index in [1.54, 1.807) is 0 Å². The van der Waals surface area contributed by atoms with Crippen LogP contribution >= 0.6 is 0 Å². The molecule has 5 nitrogen and oxygen atoms in total. The average molecular weight is 525 g/mol. The first kappa shape index (κ1) is 31.6. The standard InChI is InChI=1S/C33H48O5/c1-32(25-30(35)37-3,27-17-9-5-10-18-27)23-15-7-13-21-29(34)22-14-8-16-24-33(2,26-31(36)38-4)28-19-11-6-12-20-28/h5-6,9-12,17-20,29,34H,7-8,13-16,21-26H2,1-4H3. The van der Waals surface area contributed by atoms with Crippen LogP contribution in [-0.2, 0) is 29.9 Å². The average Bonchev–Trinajstić information content (AvgIpc) is 2.93. The van der Waals surface area contributed by atoms with Crippen LogP contribution in [0.2, 0.25) is 0 Å². The second-order valence-corrected chi connectivity index (χ2v) is 11.2. The molecule has 0 bridgehead atoms. The van der Waals surface area contributed by atoms with Crippen molar-refractivity contribution < 1.29 is 24.2 Å². The van der Waals surface area contributed by atoms with Crippen molar-refractivity contribution in [3.63, 3.8) is 0 Å². The first-order valence-corrected chi connectivity index (χ1v) is 14.2. The molecule has 0 aromatic heterocycles. The minimum atomic E-state index is -0.277. The van der Waals surface area contributed by atoms with E-state index in [1.165, 1.54) is 25.3 Å². The minimum absolute atomic E-state index is 0.179. The Morgan fingerprint density at radius 2 is 1.03 bits per heavy atom. The number of hydrogen-bond donors (Lipinski definition) is 1. The summed E-state index contributed by atoms with van der Waals surface area (Å²) >= 11 is 0. The third kappa shape index (κ3) is 10.6. The molecule has 0 heterocycles. The molecule has 0 saturated heterocycles. The van der Waals surface area contributed by atoms with Gasteiger partial charge in [0.2, 0.25) is 0 Å². The van der Waals surface area contributed by atoms with Crippen molar-refractivity contribution in [3.05, 3.63) is 71.8 Å². The zero-order chi connectivity index (χ0) is 27.9. The summed E-state index contributed by atoms with van der Waals surface area (Å²) in [5.74, 6) is -0.359. The van der Waals surface area contributed by atoms with E-state index < -0.39 is 0 Å². The number of benzene rings is 2. The summed E-state index contributed by atoms with van der Waals surface area (Å²) < 4.78 is 9.90. The summed E-state index contributed by atoms with van der Waals surface area (Å²) in [4.78, 5) is 24.1. The monoisotopic (exact) mass is 524 g/mol. The van der Waals surface area contributed by atoms with Crippen molar-refractivity contribution >= 4 is 11.9 Å². The quantitative estimate of drug-likeness (QED) is 0.164. The summed E-state index contributed by atoms with van der Waals surface area (Å²) in [5.41, 5.74) is 1.85. The molecule has 2 aromatic rings. The Labute approximate surface area is 229 Å². The van der Waals surface area contributed by atoms with Gasteiger partial charge >= 0.3 is 11.9 Å². The smallest absolute Gasteiger partial charge is 0.306 e. The van der Waals surface area contributed by atoms with Gasteiger partial charge in [0, 0.05) is 10.8 Å². The van der Waals surface area contributed by atoms with Gasteiger partial charge in [-0.3, -0.25) is 9.59 Å². The van der Waals surface area contributed by atoms with Crippen LogP contribution in [0.25, 0.3) is 0 Å². The molecule has 210 valence electrons. The second kappa shape index (κ2) is 16.3. The van der Waals surface area contributed by atoms with E-state index in [0.29, 0.717) is 12.8 Å². The highest BCUT2D eigenvalue weighted by Crippen LogP contribution is 2.35. The van der Waals surface area contributed by atoms with Crippen LogP contribution in [0.4, 0.5) is 0 Å². The molecule has 38 heavy (non-hydrogen) atoms. The lowest BCUT2D eigenvalue weighted by Crippen LogP contribution is -2.26. The number of carbonyl (C=O) groups is 2. The SMILES string of the molecule is COC(=O)CC(C)(CCCCCC(O)CCCCCC(C)(CC(=O)OC)c1ccccc1)c1ccccc1.